The molecule has 2 fully saturated rings. The smallest absolute Gasteiger partial charge is 0.407 e. The van der Waals surface area contributed by atoms with Gasteiger partial charge in [-0.3, -0.25) is 4.79 Å². The molecule has 2 heterocycles. The topological polar surface area (TPSA) is 128 Å². The summed E-state index contributed by atoms with van der Waals surface area (Å²) in [6, 6.07) is 4.91. The summed E-state index contributed by atoms with van der Waals surface area (Å²) in [6.07, 6.45) is 2.38. The van der Waals surface area contributed by atoms with E-state index in [-0.39, 0.29) is 35.1 Å². The number of hydrogen-bond acceptors (Lipinski definition) is 6. The number of amides is 3. The van der Waals surface area contributed by atoms with Crippen molar-refractivity contribution < 1.29 is 18.7 Å². The number of urea groups is 1. The van der Waals surface area contributed by atoms with Gasteiger partial charge < -0.3 is 25.6 Å². The number of H-pyrrole nitrogens is 1. The molecule has 1 saturated heterocycles. The zero-order chi connectivity index (χ0) is 22.7. The average Bonchev–Trinajstić information content (AvgIpc) is 3.18. The Labute approximate surface area is 187 Å². The molecule has 12 heteroatoms. The monoisotopic (exact) mass is 464 g/mol. The fourth-order valence-electron chi connectivity index (χ4n) is 3.73. The van der Waals surface area contributed by atoms with E-state index >= 15 is 0 Å². The van der Waals surface area contributed by atoms with Gasteiger partial charge in [0.2, 0.25) is 0 Å². The highest BCUT2D eigenvalue weighted by atomic mass is 35.5. The van der Waals surface area contributed by atoms with Crippen molar-refractivity contribution in [3.8, 4) is 0 Å². The van der Waals surface area contributed by atoms with E-state index in [0.717, 1.165) is 0 Å². The van der Waals surface area contributed by atoms with Crippen molar-refractivity contribution in [3.63, 3.8) is 0 Å². The van der Waals surface area contributed by atoms with Crippen molar-refractivity contribution in [1.82, 2.24) is 20.8 Å². The number of ether oxygens (including phenoxy) is 1. The van der Waals surface area contributed by atoms with E-state index in [2.05, 4.69) is 26.1 Å². The molecule has 0 bridgehead atoms. The molecule has 4 N–H and O–H groups in total. The standard InChI is InChI=1S/C20H22ClFN6O4/c21-17-16(9-23-27-18(17)29)28-6-5-15(10-28)32-20(31)26-14-7-13(8-14)25-19(30)24-12-3-1-11(22)2-4-12/h1-4,9,13-15H,5-8,10H2,(H,26,31)(H,27,29)(H2,24,25,30)/t13-,14-,15-/m1/s1. The van der Waals surface area contributed by atoms with Gasteiger partial charge in [0.25, 0.3) is 5.56 Å². The lowest BCUT2D eigenvalue weighted by atomic mass is 9.87. The Bertz CT molecular complexity index is 1040. The minimum Gasteiger partial charge on any atom is -0.444 e. The molecule has 0 radical (unpaired) electrons. The number of carbonyl (C=O) groups is 2. The van der Waals surface area contributed by atoms with Crippen LogP contribution in [-0.4, -0.2) is 53.6 Å². The van der Waals surface area contributed by atoms with E-state index in [0.29, 0.717) is 43.7 Å². The molecule has 1 aliphatic heterocycles. The molecule has 0 unspecified atom stereocenters. The summed E-state index contributed by atoms with van der Waals surface area (Å²) in [6.45, 7) is 0.998. The second-order valence-corrected chi connectivity index (χ2v) is 8.15. The Kier molecular flexibility index (Phi) is 6.45. The number of carbonyl (C=O) groups excluding carboxylic acids is 2. The number of aromatic amines is 1. The summed E-state index contributed by atoms with van der Waals surface area (Å²) in [5.41, 5.74) is 0.531. The number of nitrogens with one attached hydrogen (secondary N) is 4. The molecule has 170 valence electrons. The largest absolute Gasteiger partial charge is 0.444 e. The Morgan fingerprint density at radius 2 is 1.91 bits per heavy atom. The van der Waals surface area contributed by atoms with Gasteiger partial charge in [0.1, 0.15) is 16.9 Å². The molecule has 1 aliphatic carbocycles. The van der Waals surface area contributed by atoms with Gasteiger partial charge >= 0.3 is 12.1 Å². The molecular weight excluding hydrogens is 443 g/mol. The molecular formula is C20H22ClFN6O4. The number of alkyl carbamates (subject to hydrolysis) is 1. The number of halogens is 2. The molecule has 3 amide bonds. The van der Waals surface area contributed by atoms with Crippen LogP contribution in [0.2, 0.25) is 5.02 Å². The van der Waals surface area contributed by atoms with Crippen LogP contribution in [0.3, 0.4) is 0 Å². The maximum absolute atomic E-state index is 12.9. The minimum atomic E-state index is -0.522. The molecule has 4 rings (SSSR count). The number of rotatable bonds is 5. The third kappa shape index (κ3) is 5.28. The number of benzene rings is 1. The van der Waals surface area contributed by atoms with E-state index in [9.17, 15) is 18.8 Å². The van der Waals surface area contributed by atoms with Crippen LogP contribution >= 0.6 is 11.6 Å². The summed E-state index contributed by atoms with van der Waals surface area (Å²) >= 11 is 6.03. The fourth-order valence-corrected chi connectivity index (χ4v) is 3.94. The van der Waals surface area contributed by atoms with Crippen molar-refractivity contribution in [3.05, 3.63) is 51.7 Å². The average molecular weight is 465 g/mol. The summed E-state index contributed by atoms with van der Waals surface area (Å²) in [7, 11) is 0. The van der Waals surface area contributed by atoms with E-state index in [1.54, 1.807) is 0 Å². The highest BCUT2D eigenvalue weighted by Gasteiger charge is 2.33. The van der Waals surface area contributed by atoms with Crippen LogP contribution in [-0.2, 0) is 4.74 Å². The molecule has 32 heavy (non-hydrogen) atoms. The van der Waals surface area contributed by atoms with Crippen LogP contribution in [0, 0.1) is 5.82 Å². The van der Waals surface area contributed by atoms with Gasteiger partial charge in [-0.05, 0) is 37.1 Å². The third-order valence-corrected chi connectivity index (χ3v) is 5.80. The molecule has 1 saturated carbocycles. The first-order valence-corrected chi connectivity index (χ1v) is 10.5. The number of hydrogen-bond donors (Lipinski definition) is 4. The normalized spacial score (nSPS) is 22.1. The van der Waals surface area contributed by atoms with Crippen molar-refractivity contribution >= 4 is 35.1 Å². The van der Waals surface area contributed by atoms with E-state index in [1.807, 2.05) is 4.90 Å². The van der Waals surface area contributed by atoms with E-state index < -0.39 is 11.7 Å². The Hall–Kier alpha value is -3.34. The molecule has 2 aromatic rings. The first-order chi connectivity index (χ1) is 15.4. The van der Waals surface area contributed by atoms with Gasteiger partial charge in [-0.2, -0.15) is 5.10 Å². The van der Waals surface area contributed by atoms with Gasteiger partial charge in [-0.1, -0.05) is 11.6 Å². The summed E-state index contributed by atoms with van der Waals surface area (Å²) in [5.74, 6) is -0.378. The van der Waals surface area contributed by atoms with E-state index in [1.165, 1.54) is 30.5 Å². The zero-order valence-corrected chi connectivity index (χ0v) is 17.7. The summed E-state index contributed by atoms with van der Waals surface area (Å²) < 4.78 is 18.4. The molecule has 10 nitrogen and oxygen atoms in total. The van der Waals surface area contributed by atoms with Gasteiger partial charge in [0.05, 0.1) is 18.4 Å². The third-order valence-electron chi connectivity index (χ3n) is 5.43. The van der Waals surface area contributed by atoms with Crippen molar-refractivity contribution in [2.45, 2.75) is 37.5 Å². The first kappa shape index (κ1) is 21.9. The molecule has 1 aromatic heterocycles. The second-order valence-electron chi connectivity index (χ2n) is 7.78. The lowest BCUT2D eigenvalue weighted by Crippen LogP contribution is -2.54. The SMILES string of the molecule is O=C(Nc1ccc(F)cc1)N[C@H]1C[C@H](NC(=O)O[C@@H]2CCN(c3cn[nH]c(=O)c3Cl)C2)C1. The summed E-state index contributed by atoms with van der Waals surface area (Å²) in [4.78, 5) is 37.6. The maximum Gasteiger partial charge on any atom is 0.407 e. The predicted octanol–water partition coefficient (Wildman–Crippen LogP) is 2.22. The fraction of sp³-hybridized carbons (Fsp3) is 0.400. The Morgan fingerprint density at radius 1 is 1.19 bits per heavy atom. The highest BCUT2D eigenvalue weighted by molar-refractivity contribution is 6.33. The lowest BCUT2D eigenvalue weighted by molar-refractivity contribution is 0.0982. The zero-order valence-electron chi connectivity index (χ0n) is 16.9. The lowest BCUT2D eigenvalue weighted by Gasteiger charge is -2.36. The van der Waals surface area contributed by atoms with Crippen molar-refractivity contribution in [1.29, 1.82) is 0 Å². The van der Waals surface area contributed by atoms with Crippen LogP contribution < -0.4 is 26.4 Å². The van der Waals surface area contributed by atoms with Crippen molar-refractivity contribution in [2.75, 3.05) is 23.3 Å². The van der Waals surface area contributed by atoms with Gasteiger partial charge in [-0.15, -0.1) is 0 Å². The molecule has 2 aliphatic rings. The Morgan fingerprint density at radius 3 is 2.66 bits per heavy atom. The maximum atomic E-state index is 12.9. The minimum absolute atomic E-state index is 0.0570. The van der Waals surface area contributed by atoms with Crippen LogP contribution in [0.5, 0.6) is 0 Å². The number of anilines is 2. The first-order valence-electron chi connectivity index (χ1n) is 10.2. The number of nitrogens with zero attached hydrogens (tertiary/aromatic N) is 2. The number of aromatic nitrogens is 2. The van der Waals surface area contributed by atoms with E-state index in [4.69, 9.17) is 16.3 Å². The van der Waals surface area contributed by atoms with Gasteiger partial charge in [-0.25, -0.2) is 19.1 Å². The van der Waals surface area contributed by atoms with Crippen LogP contribution in [0.25, 0.3) is 0 Å². The quantitative estimate of drug-likeness (QED) is 0.537. The van der Waals surface area contributed by atoms with Crippen molar-refractivity contribution in [2.24, 2.45) is 0 Å². The molecule has 1 aromatic carbocycles. The van der Waals surface area contributed by atoms with Crippen LogP contribution in [0.15, 0.2) is 35.3 Å². The van der Waals surface area contributed by atoms with Crippen LogP contribution in [0.1, 0.15) is 19.3 Å². The second kappa shape index (κ2) is 9.43. The highest BCUT2D eigenvalue weighted by Crippen LogP contribution is 2.26. The predicted molar refractivity (Wildman–Crippen MR) is 115 cm³/mol. The van der Waals surface area contributed by atoms with Gasteiger partial charge in [0.15, 0.2) is 0 Å². The molecule has 0 spiro atoms. The van der Waals surface area contributed by atoms with Gasteiger partial charge in [0, 0.05) is 30.7 Å². The Balaban J connectivity index is 1.15. The summed E-state index contributed by atoms with van der Waals surface area (Å²) in [5, 5.41) is 14.3. The van der Waals surface area contributed by atoms with Crippen LogP contribution in [0.4, 0.5) is 25.4 Å². The molecule has 1 atom stereocenters.